The molecule has 0 radical (unpaired) electrons. The van der Waals surface area contributed by atoms with Crippen molar-refractivity contribution in [2.45, 2.75) is 32.7 Å². The van der Waals surface area contributed by atoms with E-state index < -0.39 is 0 Å². The third-order valence-electron chi connectivity index (χ3n) is 3.37. The highest BCUT2D eigenvalue weighted by atomic mass is 15.3. The molecular formula is C13H21N5. The van der Waals surface area contributed by atoms with Crippen LogP contribution in [0.3, 0.4) is 0 Å². The van der Waals surface area contributed by atoms with Crippen LogP contribution in [-0.2, 0) is 26.9 Å². The second kappa shape index (κ2) is 4.94. The summed E-state index contributed by atoms with van der Waals surface area (Å²) in [5, 5.41) is 8.77. The molecule has 0 spiro atoms. The van der Waals surface area contributed by atoms with Crippen molar-refractivity contribution in [1.82, 2.24) is 19.6 Å². The van der Waals surface area contributed by atoms with Crippen molar-refractivity contribution in [3.63, 3.8) is 0 Å². The van der Waals surface area contributed by atoms with E-state index in [1.54, 1.807) is 0 Å². The Labute approximate surface area is 108 Å². The number of aryl methyl sites for hydroxylation is 3. The maximum atomic E-state index is 6.21. The number of nitrogens with two attached hydrogens (primary N) is 1. The number of nitrogens with zero attached hydrogens (tertiary/aromatic N) is 4. The lowest BCUT2D eigenvalue weighted by Crippen LogP contribution is -2.26. The van der Waals surface area contributed by atoms with E-state index in [0.717, 1.165) is 24.2 Å². The van der Waals surface area contributed by atoms with Gasteiger partial charge in [-0.3, -0.25) is 9.36 Å². The molecule has 0 fully saturated rings. The van der Waals surface area contributed by atoms with Crippen LogP contribution in [-0.4, -0.2) is 25.6 Å². The van der Waals surface area contributed by atoms with E-state index in [4.69, 9.17) is 5.73 Å². The molecular weight excluding hydrogens is 226 g/mol. The van der Waals surface area contributed by atoms with Gasteiger partial charge >= 0.3 is 0 Å². The fraction of sp³-hybridized carbons (Fsp3) is 0.538. The van der Waals surface area contributed by atoms with E-state index in [-0.39, 0.29) is 6.04 Å². The van der Waals surface area contributed by atoms with Crippen molar-refractivity contribution >= 4 is 0 Å². The zero-order valence-electron chi connectivity index (χ0n) is 11.5. The van der Waals surface area contributed by atoms with Gasteiger partial charge in [0, 0.05) is 38.4 Å². The molecule has 2 aromatic heterocycles. The van der Waals surface area contributed by atoms with Gasteiger partial charge in [0.25, 0.3) is 0 Å². The molecule has 0 aliphatic carbocycles. The molecule has 5 nitrogen and oxygen atoms in total. The van der Waals surface area contributed by atoms with E-state index in [1.165, 1.54) is 11.3 Å². The van der Waals surface area contributed by atoms with Gasteiger partial charge in [-0.1, -0.05) is 0 Å². The molecule has 18 heavy (non-hydrogen) atoms. The maximum Gasteiger partial charge on any atom is 0.0640 e. The number of aromatic nitrogens is 4. The van der Waals surface area contributed by atoms with Crippen molar-refractivity contribution in [1.29, 1.82) is 0 Å². The van der Waals surface area contributed by atoms with Crippen LogP contribution >= 0.6 is 0 Å². The normalized spacial score (nSPS) is 12.9. The molecule has 2 rings (SSSR count). The first-order valence-corrected chi connectivity index (χ1v) is 6.20. The second-order valence-corrected chi connectivity index (χ2v) is 4.92. The van der Waals surface area contributed by atoms with E-state index in [0.29, 0.717) is 0 Å². The summed E-state index contributed by atoms with van der Waals surface area (Å²) < 4.78 is 3.72. The quantitative estimate of drug-likeness (QED) is 0.872. The molecule has 2 heterocycles. The molecule has 0 aromatic carbocycles. The van der Waals surface area contributed by atoms with Crippen molar-refractivity contribution in [3.05, 3.63) is 34.9 Å². The lowest BCUT2D eigenvalue weighted by atomic mass is 10.0. The van der Waals surface area contributed by atoms with Crippen LogP contribution in [0, 0.1) is 13.8 Å². The minimum Gasteiger partial charge on any atom is -0.327 e. The van der Waals surface area contributed by atoms with Crippen molar-refractivity contribution in [2.75, 3.05) is 0 Å². The lowest BCUT2D eigenvalue weighted by Gasteiger charge is -2.10. The zero-order valence-corrected chi connectivity index (χ0v) is 11.5. The van der Waals surface area contributed by atoms with Crippen molar-refractivity contribution in [2.24, 2.45) is 19.8 Å². The summed E-state index contributed by atoms with van der Waals surface area (Å²) in [6.07, 6.45) is 3.60. The topological polar surface area (TPSA) is 61.7 Å². The standard InChI is InChI=1S/C13H21N5/c1-9-13(10(2)18(4)15-9)8-11(14)7-12-5-6-17(3)16-12/h5-6,11H,7-8,14H2,1-4H3. The zero-order chi connectivity index (χ0) is 13.3. The average Bonchev–Trinajstić information content (AvgIpc) is 2.78. The summed E-state index contributed by atoms with van der Waals surface area (Å²) in [6, 6.07) is 2.10. The third-order valence-corrected chi connectivity index (χ3v) is 3.37. The number of hydrogen-bond acceptors (Lipinski definition) is 3. The van der Waals surface area contributed by atoms with Crippen molar-refractivity contribution in [3.8, 4) is 0 Å². The molecule has 0 amide bonds. The van der Waals surface area contributed by atoms with Gasteiger partial charge in [0.2, 0.25) is 0 Å². The SMILES string of the molecule is Cc1nn(C)c(C)c1CC(N)Cc1ccn(C)n1. The molecule has 0 aliphatic heterocycles. The van der Waals surface area contributed by atoms with Gasteiger partial charge in [-0.15, -0.1) is 0 Å². The summed E-state index contributed by atoms with van der Waals surface area (Å²) in [5.41, 5.74) is 10.8. The Hall–Kier alpha value is -1.62. The average molecular weight is 247 g/mol. The highest BCUT2D eigenvalue weighted by molar-refractivity contribution is 5.25. The largest absolute Gasteiger partial charge is 0.327 e. The van der Waals surface area contributed by atoms with Gasteiger partial charge in [0.15, 0.2) is 0 Å². The van der Waals surface area contributed by atoms with Crippen molar-refractivity contribution < 1.29 is 0 Å². The van der Waals surface area contributed by atoms with E-state index in [9.17, 15) is 0 Å². The summed E-state index contributed by atoms with van der Waals surface area (Å²) >= 11 is 0. The molecule has 1 unspecified atom stereocenters. The van der Waals surface area contributed by atoms with E-state index in [1.807, 2.05) is 42.6 Å². The fourth-order valence-corrected chi connectivity index (χ4v) is 2.29. The lowest BCUT2D eigenvalue weighted by molar-refractivity contribution is 0.634. The predicted molar refractivity (Wildman–Crippen MR) is 71.3 cm³/mol. The first-order chi connectivity index (χ1) is 8.47. The number of rotatable bonds is 4. The Bertz CT molecular complexity index is 538. The minimum atomic E-state index is 0.0847. The number of hydrogen-bond donors (Lipinski definition) is 1. The summed E-state index contributed by atoms with van der Waals surface area (Å²) in [5.74, 6) is 0. The highest BCUT2D eigenvalue weighted by Crippen LogP contribution is 2.14. The molecule has 2 aromatic rings. The van der Waals surface area contributed by atoms with Gasteiger partial charge < -0.3 is 5.73 Å². The Morgan fingerprint density at radius 1 is 1.22 bits per heavy atom. The fourth-order valence-electron chi connectivity index (χ4n) is 2.29. The van der Waals surface area contributed by atoms with Gasteiger partial charge in [-0.05, 0) is 31.9 Å². The van der Waals surface area contributed by atoms with Crippen LogP contribution in [0.5, 0.6) is 0 Å². The summed E-state index contributed by atoms with van der Waals surface area (Å²) in [6.45, 7) is 4.12. The first kappa shape index (κ1) is 12.8. The van der Waals surface area contributed by atoms with Crippen LogP contribution in [0.2, 0.25) is 0 Å². The predicted octanol–water partition coefficient (Wildman–Crippen LogP) is 0.883. The Balaban J connectivity index is 2.05. The first-order valence-electron chi connectivity index (χ1n) is 6.20. The smallest absolute Gasteiger partial charge is 0.0640 e. The van der Waals surface area contributed by atoms with Crippen LogP contribution in [0.25, 0.3) is 0 Å². The van der Waals surface area contributed by atoms with E-state index in [2.05, 4.69) is 17.1 Å². The third kappa shape index (κ3) is 2.61. The minimum absolute atomic E-state index is 0.0847. The van der Waals surface area contributed by atoms with Crippen LogP contribution < -0.4 is 5.73 Å². The van der Waals surface area contributed by atoms with Gasteiger partial charge in [-0.25, -0.2) is 0 Å². The monoisotopic (exact) mass is 247 g/mol. The van der Waals surface area contributed by atoms with Crippen LogP contribution in [0.4, 0.5) is 0 Å². The van der Waals surface area contributed by atoms with Gasteiger partial charge in [0.05, 0.1) is 11.4 Å². The van der Waals surface area contributed by atoms with Crippen LogP contribution in [0.15, 0.2) is 12.3 Å². The van der Waals surface area contributed by atoms with Gasteiger partial charge in [-0.2, -0.15) is 10.2 Å². The molecule has 5 heteroatoms. The summed E-state index contributed by atoms with van der Waals surface area (Å²) in [4.78, 5) is 0. The Kier molecular flexibility index (Phi) is 3.52. The van der Waals surface area contributed by atoms with E-state index >= 15 is 0 Å². The second-order valence-electron chi connectivity index (χ2n) is 4.92. The molecule has 0 saturated heterocycles. The molecule has 2 N–H and O–H groups in total. The molecule has 1 atom stereocenters. The van der Waals surface area contributed by atoms with Crippen LogP contribution in [0.1, 0.15) is 22.6 Å². The Morgan fingerprint density at radius 3 is 2.44 bits per heavy atom. The highest BCUT2D eigenvalue weighted by Gasteiger charge is 2.14. The molecule has 0 bridgehead atoms. The maximum absolute atomic E-state index is 6.21. The van der Waals surface area contributed by atoms with Gasteiger partial charge in [0.1, 0.15) is 0 Å². The molecule has 0 saturated carbocycles. The molecule has 98 valence electrons. The molecule has 0 aliphatic rings. The Morgan fingerprint density at radius 2 is 1.94 bits per heavy atom. The summed E-state index contributed by atoms with van der Waals surface area (Å²) in [7, 11) is 3.89.